The number of nitrogens with zero attached hydrogens (tertiary/aromatic N) is 1. The molecule has 1 heterocycles. The fourth-order valence-electron chi connectivity index (χ4n) is 5.10. The maximum absolute atomic E-state index is 12.3. The molecule has 3 heteroatoms. The molecule has 0 saturated carbocycles. The molecule has 0 amide bonds. The molecule has 1 aromatic carbocycles. The van der Waals surface area contributed by atoms with Crippen molar-refractivity contribution in [2.24, 2.45) is 7.05 Å². The van der Waals surface area contributed by atoms with E-state index in [2.05, 4.69) is 50.2 Å². The predicted molar refractivity (Wildman–Crippen MR) is 108 cm³/mol. The second-order valence-corrected chi connectivity index (χ2v) is 7.63. The number of esters is 1. The maximum Gasteiger partial charge on any atom is 0.306 e. The summed E-state index contributed by atoms with van der Waals surface area (Å²) in [6.45, 7) is 8.40. The zero-order chi connectivity index (χ0) is 18.9. The number of fused-ring (bicyclic) bond motifs is 3. The molecule has 0 N–H and O–H groups in total. The standard InChI is InChI=1S/C23H31NO2/c1-6-10-17-13-14-23(8-3,15-19(25)26-5)22-20(17)18-12-9-11-16(7-2)21(18)24(22)4/h6,9,11-12,17H,1,7-8,10,13-15H2,2-5H3. The zero-order valence-corrected chi connectivity index (χ0v) is 16.6. The van der Waals surface area contributed by atoms with Gasteiger partial charge >= 0.3 is 5.97 Å². The van der Waals surface area contributed by atoms with Crippen molar-refractivity contribution >= 4 is 16.9 Å². The fourth-order valence-corrected chi connectivity index (χ4v) is 5.10. The molecular formula is C23H31NO2. The number of hydrogen-bond acceptors (Lipinski definition) is 2. The fraction of sp³-hybridized carbons (Fsp3) is 0.522. The molecular weight excluding hydrogens is 322 g/mol. The van der Waals surface area contributed by atoms with Crippen LogP contribution in [-0.4, -0.2) is 17.6 Å². The van der Waals surface area contributed by atoms with Crippen LogP contribution in [0.1, 0.15) is 68.7 Å². The highest BCUT2D eigenvalue weighted by Crippen LogP contribution is 2.51. The minimum absolute atomic E-state index is 0.110. The van der Waals surface area contributed by atoms with Gasteiger partial charge in [-0.15, -0.1) is 6.58 Å². The summed E-state index contributed by atoms with van der Waals surface area (Å²) in [5.41, 5.74) is 5.35. The van der Waals surface area contributed by atoms with E-state index in [1.807, 2.05) is 6.08 Å². The Kier molecular flexibility index (Phi) is 5.27. The summed E-state index contributed by atoms with van der Waals surface area (Å²) in [4.78, 5) is 12.3. The van der Waals surface area contributed by atoms with E-state index in [9.17, 15) is 4.79 Å². The Labute approximate surface area is 157 Å². The number of aromatic nitrogens is 1. The van der Waals surface area contributed by atoms with Crippen LogP contribution in [0.2, 0.25) is 0 Å². The number of carbonyl (C=O) groups is 1. The SMILES string of the molecule is C=CCC1CCC(CC)(CC(=O)OC)c2c1c1cccc(CC)c1n2C. The van der Waals surface area contributed by atoms with E-state index in [0.29, 0.717) is 12.3 Å². The van der Waals surface area contributed by atoms with Gasteiger partial charge in [0, 0.05) is 23.5 Å². The van der Waals surface area contributed by atoms with Crippen LogP contribution in [0.5, 0.6) is 0 Å². The summed E-state index contributed by atoms with van der Waals surface area (Å²) in [6, 6.07) is 6.66. The third-order valence-corrected chi connectivity index (χ3v) is 6.44. The molecule has 1 aliphatic rings. The van der Waals surface area contributed by atoms with Gasteiger partial charge in [-0.25, -0.2) is 0 Å². The number of ether oxygens (including phenoxy) is 1. The second kappa shape index (κ2) is 7.30. The average molecular weight is 354 g/mol. The molecule has 0 fully saturated rings. The van der Waals surface area contributed by atoms with E-state index < -0.39 is 0 Å². The Morgan fingerprint density at radius 1 is 1.42 bits per heavy atom. The van der Waals surface area contributed by atoms with Crippen molar-refractivity contribution in [2.75, 3.05) is 7.11 Å². The van der Waals surface area contributed by atoms with Gasteiger partial charge in [-0.3, -0.25) is 4.79 Å². The van der Waals surface area contributed by atoms with Crippen molar-refractivity contribution in [1.82, 2.24) is 4.57 Å². The van der Waals surface area contributed by atoms with Gasteiger partial charge in [0.05, 0.1) is 19.0 Å². The normalized spacial score (nSPS) is 22.2. The average Bonchev–Trinajstić information content (AvgIpc) is 2.98. The van der Waals surface area contributed by atoms with E-state index in [4.69, 9.17) is 4.74 Å². The quantitative estimate of drug-likeness (QED) is 0.514. The monoisotopic (exact) mass is 353 g/mol. The van der Waals surface area contributed by atoms with Gasteiger partial charge in [0.2, 0.25) is 0 Å². The third kappa shape index (κ3) is 2.78. The molecule has 3 nitrogen and oxygen atoms in total. The summed E-state index contributed by atoms with van der Waals surface area (Å²) in [5, 5.41) is 1.36. The van der Waals surface area contributed by atoms with Gasteiger partial charge in [-0.05, 0) is 49.1 Å². The molecule has 0 radical (unpaired) electrons. The Bertz CT molecular complexity index is 832. The number of allylic oxidation sites excluding steroid dienone is 1. The molecule has 2 aromatic rings. The van der Waals surface area contributed by atoms with Crippen molar-refractivity contribution in [3.63, 3.8) is 0 Å². The molecule has 1 aromatic heterocycles. The third-order valence-electron chi connectivity index (χ3n) is 6.44. The lowest BCUT2D eigenvalue weighted by molar-refractivity contribution is -0.142. The Balaban J connectivity index is 2.33. The molecule has 3 rings (SSSR count). The molecule has 0 aliphatic heterocycles. The number of hydrogen-bond donors (Lipinski definition) is 0. The highest BCUT2D eigenvalue weighted by Gasteiger charge is 2.43. The van der Waals surface area contributed by atoms with E-state index >= 15 is 0 Å². The number of methoxy groups -OCH3 is 1. The van der Waals surface area contributed by atoms with E-state index in [0.717, 1.165) is 32.1 Å². The molecule has 0 saturated heterocycles. The molecule has 1 aliphatic carbocycles. The van der Waals surface area contributed by atoms with Crippen LogP contribution in [0.3, 0.4) is 0 Å². The number of aryl methyl sites for hydroxylation is 2. The minimum Gasteiger partial charge on any atom is -0.469 e. The first kappa shape index (κ1) is 18.8. The first-order valence-corrected chi connectivity index (χ1v) is 9.81. The van der Waals surface area contributed by atoms with Crippen molar-refractivity contribution < 1.29 is 9.53 Å². The van der Waals surface area contributed by atoms with Crippen molar-refractivity contribution in [2.45, 2.75) is 63.7 Å². The first-order valence-electron chi connectivity index (χ1n) is 9.81. The van der Waals surface area contributed by atoms with Gasteiger partial charge in [0.1, 0.15) is 0 Å². The first-order chi connectivity index (χ1) is 12.5. The summed E-state index contributed by atoms with van der Waals surface area (Å²) in [7, 11) is 3.67. The van der Waals surface area contributed by atoms with Crippen LogP contribution in [0.25, 0.3) is 10.9 Å². The maximum atomic E-state index is 12.3. The number of para-hydroxylation sites is 1. The topological polar surface area (TPSA) is 31.2 Å². The zero-order valence-electron chi connectivity index (χ0n) is 16.6. The number of benzene rings is 1. The molecule has 2 unspecified atom stereocenters. The Morgan fingerprint density at radius 2 is 2.19 bits per heavy atom. The van der Waals surface area contributed by atoms with E-state index in [1.165, 1.54) is 34.8 Å². The smallest absolute Gasteiger partial charge is 0.306 e. The van der Waals surface area contributed by atoms with Crippen LogP contribution in [0.4, 0.5) is 0 Å². The van der Waals surface area contributed by atoms with Crippen LogP contribution >= 0.6 is 0 Å². The predicted octanol–water partition coefficient (Wildman–Crippen LogP) is 5.41. The molecule has 0 spiro atoms. The highest BCUT2D eigenvalue weighted by atomic mass is 16.5. The van der Waals surface area contributed by atoms with Gasteiger partial charge in [-0.1, -0.05) is 38.1 Å². The minimum atomic E-state index is -0.140. The van der Waals surface area contributed by atoms with Crippen LogP contribution in [-0.2, 0) is 28.4 Å². The lowest BCUT2D eigenvalue weighted by Crippen LogP contribution is -2.36. The van der Waals surface area contributed by atoms with Crippen LogP contribution in [0, 0.1) is 0 Å². The second-order valence-electron chi connectivity index (χ2n) is 7.63. The summed E-state index contributed by atoms with van der Waals surface area (Å²) in [6.07, 6.45) is 7.56. The Hall–Kier alpha value is -2.03. The summed E-state index contributed by atoms with van der Waals surface area (Å²) < 4.78 is 7.44. The van der Waals surface area contributed by atoms with Gasteiger partial charge in [0.15, 0.2) is 0 Å². The van der Waals surface area contributed by atoms with Crippen LogP contribution < -0.4 is 0 Å². The van der Waals surface area contributed by atoms with Gasteiger partial charge in [0.25, 0.3) is 0 Å². The van der Waals surface area contributed by atoms with Crippen LogP contribution in [0.15, 0.2) is 30.9 Å². The Morgan fingerprint density at radius 3 is 2.81 bits per heavy atom. The molecule has 2 atom stereocenters. The summed E-state index contributed by atoms with van der Waals surface area (Å²) >= 11 is 0. The molecule has 26 heavy (non-hydrogen) atoms. The molecule has 140 valence electrons. The number of rotatable bonds is 6. The number of carbonyl (C=O) groups excluding carboxylic acids is 1. The van der Waals surface area contributed by atoms with Crippen molar-refractivity contribution in [1.29, 1.82) is 0 Å². The largest absolute Gasteiger partial charge is 0.469 e. The van der Waals surface area contributed by atoms with E-state index in [-0.39, 0.29) is 11.4 Å². The molecule has 0 bridgehead atoms. The van der Waals surface area contributed by atoms with Gasteiger partial charge in [-0.2, -0.15) is 0 Å². The van der Waals surface area contributed by atoms with Crippen molar-refractivity contribution in [3.05, 3.63) is 47.7 Å². The van der Waals surface area contributed by atoms with Gasteiger partial charge < -0.3 is 9.30 Å². The van der Waals surface area contributed by atoms with E-state index in [1.54, 1.807) is 0 Å². The van der Waals surface area contributed by atoms with Crippen molar-refractivity contribution in [3.8, 4) is 0 Å². The lowest BCUT2D eigenvalue weighted by atomic mass is 9.65. The highest BCUT2D eigenvalue weighted by molar-refractivity contribution is 5.90. The lowest BCUT2D eigenvalue weighted by Gasteiger charge is -2.40. The summed E-state index contributed by atoms with van der Waals surface area (Å²) in [5.74, 6) is 0.372.